The summed E-state index contributed by atoms with van der Waals surface area (Å²) in [6, 6.07) is 27.6. The molecule has 0 amide bonds. The zero-order valence-corrected chi connectivity index (χ0v) is 20.4. The van der Waals surface area contributed by atoms with Crippen molar-refractivity contribution in [2.75, 3.05) is 16.8 Å². The first-order chi connectivity index (χ1) is 15.2. The second kappa shape index (κ2) is 10.0. The molecule has 32 heavy (non-hydrogen) atoms. The number of hydrogen-bond acceptors (Lipinski definition) is 1. The first kappa shape index (κ1) is 23.6. The van der Waals surface area contributed by atoms with Crippen LogP contribution in [0.4, 0.5) is 11.4 Å². The van der Waals surface area contributed by atoms with Gasteiger partial charge in [-0.15, -0.1) is 0 Å². The lowest BCUT2D eigenvalue weighted by Crippen LogP contribution is -2.41. The number of para-hydroxylation sites is 1. The van der Waals surface area contributed by atoms with E-state index in [1.807, 2.05) is 42.3 Å². The van der Waals surface area contributed by atoms with Crippen LogP contribution in [-0.2, 0) is 12.0 Å². The standard InChI is InChI=1S/C29H37N3/c1-7-22(2)24-15-19-27(20-16-24)32(28(30)31(6)26-11-9-8-10-12-26)21-23-13-17-25(18-14-23)29(3,4)5/h8-20,22,30H,7,21H2,1-6H3. The van der Waals surface area contributed by atoms with E-state index in [1.54, 1.807) is 0 Å². The van der Waals surface area contributed by atoms with Gasteiger partial charge in [0, 0.05) is 18.4 Å². The average Bonchev–Trinajstić information content (AvgIpc) is 2.81. The van der Waals surface area contributed by atoms with Crippen LogP contribution in [0.3, 0.4) is 0 Å². The highest BCUT2D eigenvalue weighted by atomic mass is 15.4. The molecule has 3 heteroatoms. The number of benzene rings is 3. The highest BCUT2D eigenvalue weighted by Crippen LogP contribution is 2.27. The molecule has 3 rings (SSSR count). The van der Waals surface area contributed by atoms with E-state index in [-0.39, 0.29) is 5.41 Å². The van der Waals surface area contributed by atoms with Crippen LogP contribution in [0.2, 0.25) is 0 Å². The van der Waals surface area contributed by atoms with Crippen molar-refractivity contribution in [3.8, 4) is 0 Å². The van der Waals surface area contributed by atoms with Crippen LogP contribution in [0.15, 0.2) is 78.9 Å². The van der Waals surface area contributed by atoms with Crippen molar-refractivity contribution in [2.24, 2.45) is 0 Å². The number of hydrogen-bond donors (Lipinski definition) is 1. The lowest BCUT2D eigenvalue weighted by Gasteiger charge is -2.32. The first-order valence-electron chi connectivity index (χ1n) is 11.5. The predicted octanol–water partition coefficient (Wildman–Crippen LogP) is 7.58. The van der Waals surface area contributed by atoms with Crippen LogP contribution in [-0.4, -0.2) is 13.0 Å². The predicted molar refractivity (Wildman–Crippen MR) is 139 cm³/mol. The number of anilines is 2. The molecular weight excluding hydrogens is 390 g/mol. The third-order valence-corrected chi connectivity index (χ3v) is 6.26. The Morgan fingerprint density at radius 3 is 1.97 bits per heavy atom. The van der Waals surface area contributed by atoms with E-state index in [0.717, 1.165) is 17.8 Å². The number of nitrogens with zero attached hydrogens (tertiary/aromatic N) is 2. The minimum absolute atomic E-state index is 0.129. The first-order valence-corrected chi connectivity index (χ1v) is 11.5. The van der Waals surface area contributed by atoms with Gasteiger partial charge >= 0.3 is 0 Å². The Balaban J connectivity index is 1.92. The van der Waals surface area contributed by atoms with Crippen molar-refractivity contribution in [2.45, 2.75) is 58.9 Å². The second-order valence-corrected chi connectivity index (χ2v) is 9.65. The molecule has 0 bridgehead atoms. The van der Waals surface area contributed by atoms with Crippen molar-refractivity contribution in [1.82, 2.24) is 0 Å². The zero-order valence-electron chi connectivity index (χ0n) is 20.4. The molecule has 0 fully saturated rings. The van der Waals surface area contributed by atoms with Crippen LogP contribution in [0.1, 0.15) is 63.6 Å². The molecule has 0 aliphatic rings. The van der Waals surface area contributed by atoms with Gasteiger partial charge in [-0.2, -0.15) is 0 Å². The fourth-order valence-electron chi connectivity index (χ4n) is 3.75. The van der Waals surface area contributed by atoms with Crippen molar-refractivity contribution < 1.29 is 0 Å². The summed E-state index contributed by atoms with van der Waals surface area (Å²) in [6.45, 7) is 11.8. The summed E-state index contributed by atoms with van der Waals surface area (Å²) >= 11 is 0. The van der Waals surface area contributed by atoms with Gasteiger partial charge in [0.2, 0.25) is 5.96 Å². The summed E-state index contributed by atoms with van der Waals surface area (Å²) in [7, 11) is 1.96. The van der Waals surface area contributed by atoms with Gasteiger partial charge in [0.25, 0.3) is 0 Å². The van der Waals surface area contributed by atoms with Gasteiger partial charge in [0.1, 0.15) is 0 Å². The van der Waals surface area contributed by atoms with Crippen molar-refractivity contribution in [3.05, 3.63) is 95.6 Å². The van der Waals surface area contributed by atoms with E-state index >= 15 is 0 Å². The summed E-state index contributed by atoms with van der Waals surface area (Å²) in [6.07, 6.45) is 1.12. The highest BCUT2D eigenvalue weighted by molar-refractivity contribution is 6.04. The Morgan fingerprint density at radius 2 is 1.44 bits per heavy atom. The van der Waals surface area contributed by atoms with Crippen LogP contribution in [0, 0.1) is 5.41 Å². The van der Waals surface area contributed by atoms with Crippen molar-refractivity contribution >= 4 is 17.3 Å². The van der Waals surface area contributed by atoms with E-state index < -0.39 is 0 Å². The molecule has 0 saturated carbocycles. The maximum Gasteiger partial charge on any atom is 0.202 e. The van der Waals surface area contributed by atoms with Gasteiger partial charge in [-0.05, 0) is 58.7 Å². The van der Waals surface area contributed by atoms with Gasteiger partial charge in [-0.1, -0.05) is 89.2 Å². The number of rotatable bonds is 6. The monoisotopic (exact) mass is 427 g/mol. The molecule has 0 aliphatic carbocycles. The molecule has 0 aromatic heterocycles. The quantitative estimate of drug-likeness (QED) is 0.325. The Kier molecular flexibility index (Phi) is 7.40. The molecule has 1 N–H and O–H groups in total. The highest BCUT2D eigenvalue weighted by Gasteiger charge is 2.19. The summed E-state index contributed by atoms with van der Waals surface area (Å²) in [5.41, 5.74) is 6.02. The largest absolute Gasteiger partial charge is 0.316 e. The van der Waals surface area contributed by atoms with Gasteiger partial charge in [0.15, 0.2) is 0 Å². The average molecular weight is 428 g/mol. The van der Waals surface area contributed by atoms with Crippen LogP contribution < -0.4 is 9.80 Å². The van der Waals surface area contributed by atoms with Gasteiger partial charge in [-0.3, -0.25) is 5.41 Å². The summed E-state index contributed by atoms with van der Waals surface area (Å²) in [5.74, 6) is 0.987. The fraction of sp³-hybridized carbons (Fsp3) is 0.345. The fourth-order valence-corrected chi connectivity index (χ4v) is 3.75. The van der Waals surface area contributed by atoms with E-state index in [2.05, 4.69) is 88.0 Å². The lowest BCUT2D eigenvalue weighted by molar-refractivity contribution is 0.590. The van der Waals surface area contributed by atoms with Crippen LogP contribution >= 0.6 is 0 Å². The molecule has 3 aromatic rings. The topological polar surface area (TPSA) is 30.3 Å². The molecular formula is C29H37N3. The molecule has 0 saturated heterocycles. The summed E-state index contributed by atoms with van der Waals surface area (Å²) in [5, 5.41) is 9.04. The minimum Gasteiger partial charge on any atom is -0.316 e. The maximum atomic E-state index is 9.04. The third kappa shape index (κ3) is 5.59. The SMILES string of the molecule is CCC(C)c1ccc(N(Cc2ccc(C(C)(C)C)cc2)C(=N)N(C)c2ccccc2)cc1. The molecule has 0 aliphatic heterocycles. The number of guanidine groups is 1. The molecule has 1 atom stereocenters. The third-order valence-electron chi connectivity index (χ3n) is 6.26. The van der Waals surface area contributed by atoms with Crippen LogP contribution in [0.25, 0.3) is 0 Å². The Bertz CT molecular complexity index is 999. The van der Waals surface area contributed by atoms with Crippen molar-refractivity contribution in [3.63, 3.8) is 0 Å². The molecule has 3 nitrogen and oxygen atoms in total. The molecule has 168 valence electrons. The van der Waals surface area contributed by atoms with E-state index in [0.29, 0.717) is 18.4 Å². The summed E-state index contributed by atoms with van der Waals surface area (Å²) in [4.78, 5) is 4.02. The smallest absolute Gasteiger partial charge is 0.202 e. The molecule has 1 unspecified atom stereocenters. The van der Waals surface area contributed by atoms with Gasteiger partial charge < -0.3 is 9.80 Å². The van der Waals surface area contributed by atoms with E-state index in [9.17, 15) is 0 Å². The molecule has 0 heterocycles. The van der Waals surface area contributed by atoms with Gasteiger partial charge in [-0.25, -0.2) is 0 Å². The van der Waals surface area contributed by atoms with E-state index in [4.69, 9.17) is 5.41 Å². The van der Waals surface area contributed by atoms with E-state index in [1.165, 1.54) is 16.7 Å². The molecule has 0 spiro atoms. The number of nitrogens with one attached hydrogen (secondary N) is 1. The Labute approximate surface area is 194 Å². The normalized spacial score (nSPS) is 12.3. The lowest BCUT2D eigenvalue weighted by atomic mass is 9.87. The van der Waals surface area contributed by atoms with Crippen LogP contribution in [0.5, 0.6) is 0 Å². The minimum atomic E-state index is 0.129. The Hall–Kier alpha value is -3.07. The van der Waals surface area contributed by atoms with Gasteiger partial charge in [0.05, 0.1) is 6.54 Å². The molecule has 3 aromatic carbocycles. The maximum absolute atomic E-state index is 9.04. The zero-order chi connectivity index (χ0) is 23.3. The Morgan fingerprint density at radius 1 is 0.844 bits per heavy atom. The second-order valence-electron chi connectivity index (χ2n) is 9.65. The molecule has 0 radical (unpaired) electrons. The van der Waals surface area contributed by atoms with Crippen molar-refractivity contribution in [1.29, 1.82) is 5.41 Å². The summed E-state index contributed by atoms with van der Waals surface area (Å²) < 4.78 is 0.